The number of ether oxygens (including phenoxy) is 1. The standard InChI is InChI=1S/C12H13ClN2O3/c13-8-5-14-11(4-7(8)12(16)17)15-9-3-6-1-2-10(9)18-6/h4-6,9-10H,1-3H2,(H,14,15)(H,16,17). The zero-order valence-corrected chi connectivity index (χ0v) is 10.4. The van der Waals surface area contributed by atoms with Gasteiger partial charge in [-0.2, -0.15) is 0 Å². The molecule has 2 aliphatic rings. The first-order chi connectivity index (χ1) is 8.63. The number of fused-ring (bicyclic) bond motifs is 2. The van der Waals surface area contributed by atoms with Crippen LogP contribution in [0.2, 0.25) is 5.02 Å². The van der Waals surface area contributed by atoms with Gasteiger partial charge in [-0.05, 0) is 25.3 Å². The number of hydrogen-bond acceptors (Lipinski definition) is 4. The van der Waals surface area contributed by atoms with Gasteiger partial charge in [-0.25, -0.2) is 9.78 Å². The van der Waals surface area contributed by atoms with E-state index in [1.54, 1.807) is 0 Å². The molecule has 3 rings (SSSR count). The van der Waals surface area contributed by atoms with Gasteiger partial charge in [0, 0.05) is 6.20 Å². The van der Waals surface area contributed by atoms with Crippen LogP contribution in [-0.4, -0.2) is 34.3 Å². The summed E-state index contributed by atoms with van der Waals surface area (Å²) in [4.78, 5) is 15.1. The first kappa shape index (κ1) is 11.7. The summed E-state index contributed by atoms with van der Waals surface area (Å²) < 4.78 is 5.73. The van der Waals surface area contributed by atoms with E-state index in [1.807, 2.05) is 0 Å². The van der Waals surface area contributed by atoms with Crippen molar-refractivity contribution in [1.29, 1.82) is 0 Å². The summed E-state index contributed by atoms with van der Waals surface area (Å²) in [7, 11) is 0. The summed E-state index contributed by atoms with van der Waals surface area (Å²) in [5.41, 5.74) is 0.0678. The maximum Gasteiger partial charge on any atom is 0.337 e. The minimum Gasteiger partial charge on any atom is -0.478 e. The lowest BCUT2D eigenvalue weighted by Gasteiger charge is -2.20. The molecule has 3 heterocycles. The Hall–Kier alpha value is -1.33. The van der Waals surface area contributed by atoms with E-state index in [4.69, 9.17) is 21.4 Å². The summed E-state index contributed by atoms with van der Waals surface area (Å²) in [5, 5.41) is 12.4. The number of nitrogens with one attached hydrogen (secondary N) is 1. The second kappa shape index (κ2) is 4.40. The maximum absolute atomic E-state index is 11.0. The number of aromatic carboxylic acids is 1. The van der Waals surface area contributed by atoms with Gasteiger partial charge < -0.3 is 15.2 Å². The fourth-order valence-corrected chi connectivity index (χ4v) is 2.85. The van der Waals surface area contributed by atoms with Gasteiger partial charge in [0.05, 0.1) is 28.8 Å². The van der Waals surface area contributed by atoms with E-state index >= 15 is 0 Å². The molecule has 18 heavy (non-hydrogen) atoms. The molecule has 96 valence electrons. The second-order valence-electron chi connectivity index (χ2n) is 4.71. The van der Waals surface area contributed by atoms with Crippen molar-refractivity contribution in [3.63, 3.8) is 0 Å². The normalized spacial score (nSPS) is 29.5. The lowest BCUT2D eigenvalue weighted by atomic mass is 9.95. The fourth-order valence-electron chi connectivity index (χ4n) is 2.66. The molecule has 1 aromatic rings. The molecule has 0 amide bonds. The molecule has 2 N–H and O–H groups in total. The highest BCUT2D eigenvalue weighted by Crippen LogP contribution is 2.35. The van der Waals surface area contributed by atoms with Gasteiger partial charge in [-0.3, -0.25) is 0 Å². The molecule has 0 aliphatic carbocycles. The minimum atomic E-state index is -1.05. The van der Waals surface area contributed by atoms with Gasteiger partial charge in [0.15, 0.2) is 0 Å². The minimum absolute atomic E-state index is 0.0678. The van der Waals surface area contributed by atoms with Gasteiger partial charge in [0.1, 0.15) is 5.82 Å². The van der Waals surface area contributed by atoms with Crippen LogP contribution in [0.15, 0.2) is 12.3 Å². The van der Waals surface area contributed by atoms with E-state index in [0.717, 1.165) is 19.3 Å². The molecule has 2 saturated heterocycles. The number of carboxylic acid groups (broad SMARTS) is 1. The quantitative estimate of drug-likeness (QED) is 0.879. The summed E-state index contributed by atoms with van der Waals surface area (Å²) in [6.07, 6.45) is 5.07. The van der Waals surface area contributed by atoms with Crippen LogP contribution in [0.25, 0.3) is 0 Å². The van der Waals surface area contributed by atoms with Crippen molar-refractivity contribution in [2.45, 2.75) is 37.5 Å². The largest absolute Gasteiger partial charge is 0.478 e. The topological polar surface area (TPSA) is 71.5 Å². The van der Waals surface area contributed by atoms with Gasteiger partial charge in [-0.1, -0.05) is 11.6 Å². The van der Waals surface area contributed by atoms with Gasteiger partial charge >= 0.3 is 5.97 Å². The van der Waals surface area contributed by atoms with Gasteiger partial charge in [0.25, 0.3) is 0 Å². The summed E-state index contributed by atoms with van der Waals surface area (Å²) in [6.45, 7) is 0. The number of pyridine rings is 1. The number of rotatable bonds is 3. The summed E-state index contributed by atoms with van der Waals surface area (Å²) in [6, 6.07) is 1.69. The van der Waals surface area contributed by atoms with Crippen LogP contribution in [0.4, 0.5) is 5.82 Å². The highest BCUT2D eigenvalue weighted by Gasteiger charge is 2.40. The predicted octanol–water partition coefficient (Wildman–Crippen LogP) is 2.17. The summed E-state index contributed by atoms with van der Waals surface area (Å²) in [5.74, 6) is -0.507. The average Bonchev–Trinajstić information content (AvgIpc) is 2.93. The Balaban J connectivity index is 1.77. The molecule has 2 bridgehead atoms. The molecule has 6 heteroatoms. The molecule has 3 atom stereocenters. The van der Waals surface area contributed by atoms with Crippen molar-refractivity contribution in [1.82, 2.24) is 4.98 Å². The number of anilines is 1. The van der Waals surface area contributed by atoms with E-state index in [0.29, 0.717) is 11.9 Å². The lowest BCUT2D eigenvalue weighted by molar-refractivity contribution is 0.0697. The lowest BCUT2D eigenvalue weighted by Crippen LogP contribution is -2.30. The Labute approximate surface area is 109 Å². The van der Waals surface area contributed by atoms with Crippen LogP contribution >= 0.6 is 11.6 Å². The first-order valence-corrected chi connectivity index (χ1v) is 6.32. The Morgan fingerprint density at radius 1 is 1.56 bits per heavy atom. The molecular formula is C12H13ClN2O3. The zero-order valence-electron chi connectivity index (χ0n) is 9.60. The molecule has 0 saturated carbocycles. The van der Waals surface area contributed by atoms with Crippen molar-refractivity contribution < 1.29 is 14.6 Å². The molecule has 3 unspecified atom stereocenters. The van der Waals surface area contributed by atoms with Crippen molar-refractivity contribution in [3.8, 4) is 0 Å². The van der Waals surface area contributed by atoms with Crippen LogP contribution in [0.3, 0.4) is 0 Å². The van der Waals surface area contributed by atoms with Gasteiger partial charge in [0.2, 0.25) is 0 Å². The third-order valence-electron chi connectivity index (χ3n) is 3.53. The van der Waals surface area contributed by atoms with Crippen LogP contribution < -0.4 is 5.32 Å². The third-order valence-corrected chi connectivity index (χ3v) is 3.83. The van der Waals surface area contributed by atoms with Gasteiger partial charge in [-0.15, -0.1) is 0 Å². The molecule has 1 aromatic heterocycles. The van der Waals surface area contributed by atoms with E-state index in [9.17, 15) is 4.79 Å². The molecular weight excluding hydrogens is 256 g/mol. The number of hydrogen-bond donors (Lipinski definition) is 2. The van der Waals surface area contributed by atoms with E-state index in [1.165, 1.54) is 12.3 Å². The monoisotopic (exact) mass is 268 g/mol. The average molecular weight is 269 g/mol. The second-order valence-corrected chi connectivity index (χ2v) is 5.12. The molecule has 0 radical (unpaired) electrons. The molecule has 5 nitrogen and oxygen atoms in total. The Kier molecular flexibility index (Phi) is 2.87. The van der Waals surface area contributed by atoms with Crippen molar-refractivity contribution >= 4 is 23.4 Å². The van der Waals surface area contributed by atoms with E-state index in [2.05, 4.69) is 10.3 Å². The smallest absolute Gasteiger partial charge is 0.337 e. The van der Waals surface area contributed by atoms with Crippen molar-refractivity contribution in [3.05, 3.63) is 22.8 Å². The van der Waals surface area contributed by atoms with E-state index < -0.39 is 5.97 Å². The maximum atomic E-state index is 11.0. The molecule has 0 aromatic carbocycles. The van der Waals surface area contributed by atoms with Crippen LogP contribution in [-0.2, 0) is 4.74 Å². The van der Waals surface area contributed by atoms with Crippen LogP contribution in [0.1, 0.15) is 29.6 Å². The van der Waals surface area contributed by atoms with Crippen LogP contribution in [0.5, 0.6) is 0 Å². The van der Waals surface area contributed by atoms with Crippen molar-refractivity contribution in [2.24, 2.45) is 0 Å². The fraction of sp³-hybridized carbons (Fsp3) is 0.500. The third kappa shape index (κ3) is 2.04. The van der Waals surface area contributed by atoms with E-state index in [-0.39, 0.29) is 22.7 Å². The highest BCUT2D eigenvalue weighted by molar-refractivity contribution is 6.33. The Morgan fingerprint density at radius 2 is 2.39 bits per heavy atom. The number of carbonyl (C=O) groups is 1. The van der Waals surface area contributed by atoms with Crippen molar-refractivity contribution in [2.75, 3.05) is 5.32 Å². The number of halogens is 1. The zero-order chi connectivity index (χ0) is 12.7. The molecule has 0 spiro atoms. The first-order valence-electron chi connectivity index (χ1n) is 5.94. The number of nitrogens with zero attached hydrogens (tertiary/aromatic N) is 1. The number of carboxylic acids is 1. The molecule has 2 fully saturated rings. The van der Waals surface area contributed by atoms with Crippen LogP contribution in [0, 0.1) is 0 Å². The predicted molar refractivity (Wildman–Crippen MR) is 66.1 cm³/mol. The Morgan fingerprint density at radius 3 is 3.00 bits per heavy atom. The number of aromatic nitrogens is 1. The Bertz CT molecular complexity index is 494. The summed E-state index contributed by atoms with van der Waals surface area (Å²) >= 11 is 5.78. The highest BCUT2D eigenvalue weighted by atomic mass is 35.5. The molecule has 2 aliphatic heterocycles. The SMILES string of the molecule is O=C(O)c1cc(NC2CC3CCC2O3)ncc1Cl.